The molecule has 1 rings (SSSR count). The Morgan fingerprint density at radius 3 is 2.65 bits per heavy atom. The van der Waals surface area contributed by atoms with Crippen molar-refractivity contribution < 1.29 is 13.6 Å². The lowest BCUT2D eigenvalue weighted by atomic mass is 10.1. The lowest BCUT2D eigenvalue weighted by Crippen LogP contribution is -2.24. The van der Waals surface area contributed by atoms with Crippen LogP contribution in [0.15, 0.2) is 29.0 Å². The third kappa shape index (κ3) is 3.67. The Labute approximate surface area is 96.6 Å². The van der Waals surface area contributed by atoms with Crippen molar-refractivity contribution in [3.05, 3.63) is 41.0 Å². The average molecular weight is 239 g/mol. The molecule has 0 spiro atoms. The van der Waals surface area contributed by atoms with Gasteiger partial charge < -0.3 is 11.5 Å². The van der Waals surface area contributed by atoms with Gasteiger partial charge in [-0.2, -0.15) is 4.99 Å². The van der Waals surface area contributed by atoms with Gasteiger partial charge in [0.25, 0.3) is 0 Å². The number of aryl methyl sites for hydroxylation is 1. The van der Waals surface area contributed by atoms with Crippen molar-refractivity contribution >= 4 is 17.9 Å². The number of rotatable bonds is 2. The molecule has 1 aromatic carbocycles. The lowest BCUT2D eigenvalue weighted by Gasteiger charge is -1.99. The van der Waals surface area contributed by atoms with Gasteiger partial charge in [-0.15, -0.1) is 0 Å². The highest BCUT2D eigenvalue weighted by Gasteiger charge is 2.09. The molecule has 90 valence electrons. The van der Waals surface area contributed by atoms with Gasteiger partial charge in [0.2, 0.25) is 0 Å². The molecular formula is C11H11F2N3O. The third-order valence-electron chi connectivity index (χ3n) is 1.87. The minimum atomic E-state index is -1.24. The summed E-state index contributed by atoms with van der Waals surface area (Å²) in [6.07, 6.45) is 0.747. The number of nitrogens with two attached hydrogens (primary N) is 2. The van der Waals surface area contributed by atoms with Crippen molar-refractivity contribution in [2.45, 2.75) is 6.92 Å². The monoisotopic (exact) mass is 239 g/mol. The molecule has 0 bridgehead atoms. The van der Waals surface area contributed by atoms with Crippen molar-refractivity contribution in [1.82, 2.24) is 0 Å². The molecule has 0 saturated carbocycles. The van der Waals surface area contributed by atoms with Gasteiger partial charge in [-0.1, -0.05) is 11.6 Å². The van der Waals surface area contributed by atoms with Gasteiger partial charge in [0.1, 0.15) is 5.82 Å². The van der Waals surface area contributed by atoms with Crippen molar-refractivity contribution in [2.24, 2.45) is 16.5 Å². The van der Waals surface area contributed by atoms with Crippen LogP contribution < -0.4 is 11.5 Å². The van der Waals surface area contributed by atoms with Gasteiger partial charge in [-0.3, -0.25) is 4.79 Å². The number of benzene rings is 1. The van der Waals surface area contributed by atoms with E-state index in [1.54, 1.807) is 6.92 Å². The highest BCUT2D eigenvalue weighted by Crippen LogP contribution is 2.15. The van der Waals surface area contributed by atoms with Gasteiger partial charge in [-0.05, 0) is 25.1 Å². The first-order valence-electron chi connectivity index (χ1n) is 4.67. The van der Waals surface area contributed by atoms with Crippen molar-refractivity contribution in [3.63, 3.8) is 0 Å². The molecule has 4 nitrogen and oxygen atoms in total. The molecule has 0 unspecified atom stereocenters. The van der Waals surface area contributed by atoms with Crippen LogP contribution in [-0.2, 0) is 4.79 Å². The Hall–Kier alpha value is -2.24. The minimum absolute atomic E-state index is 0.0401. The summed E-state index contributed by atoms with van der Waals surface area (Å²) >= 11 is 0. The first-order valence-corrected chi connectivity index (χ1v) is 4.67. The van der Waals surface area contributed by atoms with Crippen LogP contribution in [0.2, 0.25) is 0 Å². The molecule has 0 atom stereocenters. The van der Waals surface area contributed by atoms with E-state index in [9.17, 15) is 13.6 Å². The zero-order valence-corrected chi connectivity index (χ0v) is 9.08. The largest absolute Gasteiger partial charge is 0.370 e. The van der Waals surface area contributed by atoms with Crippen LogP contribution in [0.1, 0.15) is 11.1 Å². The predicted octanol–water partition coefficient (Wildman–Crippen LogP) is 1.24. The molecule has 0 radical (unpaired) electrons. The summed E-state index contributed by atoms with van der Waals surface area (Å²) in [7, 11) is 0. The van der Waals surface area contributed by atoms with Crippen LogP contribution in [0.25, 0.3) is 6.08 Å². The minimum Gasteiger partial charge on any atom is -0.370 e. The van der Waals surface area contributed by atoms with Crippen molar-refractivity contribution in [2.75, 3.05) is 0 Å². The van der Waals surface area contributed by atoms with Crippen LogP contribution >= 0.6 is 0 Å². The van der Waals surface area contributed by atoms with E-state index in [4.69, 9.17) is 11.5 Å². The average Bonchev–Trinajstić information content (AvgIpc) is 2.22. The smallest absolute Gasteiger partial charge is 0.308 e. The fraction of sp³-hybridized carbons (Fsp3) is 0.0909. The van der Waals surface area contributed by atoms with Crippen LogP contribution in [0.3, 0.4) is 0 Å². The molecule has 0 heterocycles. The van der Waals surface area contributed by atoms with Crippen LogP contribution in [0, 0.1) is 12.7 Å². The van der Waals surface area contributed by atoms with E-state index < -0.39 is 23.5 Å². The highest BCUT2D eigenvalue weighted by atomic mass is 19.1. The number of hydrogen-bond donors (Lipinski definition) is 2. The second-order valence-electron chi connectivity index (χ2n) is 3.36. The van der Waals surface area contributed by atoms with Crippen molar-refractivity contribution in [3.8, 4) is 0 Å². The molecule has 4 N–H and O–H groups in total. The van der Waals surface area contributed by atoms with Gasteiger partial charge in [-0.25, -0.2) is 8.78 Å². The molecule has 0 aliphatic carbocycles. The zero-order valence-electron chi connectivity index (χ0n) is 9.08. The standard InChI is InChI=1S/C11H11F2N3O/c1-6-2-3-8(12)7(4-6)5-9(13)10(17)16-11(14)15/h2-5H,1H3,(H4,14,15,16,17)/b9-5-. The molecule has 0 aliphatic heterocycles. The number of hydrogen-bond acceptors (Lipinski definition) is 1. The van der Waals surface area contributed by atoms with Gasteiger partial charge >= 0.3 is 5.91 Å². The maximum absolute atomic E-state index is 13.3. The molecule has 0 aliphatic rings. The Bertz CT molecular complexity index is 505. The Kier molecular flexibility index (Phi) is 3.92. The molecule has 17 heavy (non-hydrogen) atoms. The fourth-order valence-electron chi connectivity index (χ4n) is 1.14. The molecule has 1 amide bonds. The zero-order chi connectivity index (χ0) is 13.0. The normalized spacial score (nSPS) is 11.1. The summed E-state index contributed by atoms with van der Waals surface area (Å²) in [6.45, 7) is 1.71. The second-order valence-corrected chi connectivity index (χ2v) is 3.36. The number of aliphatic imine (C=N–C) groups is 1. The number of halogens is 2. The van der Waals surface area contributed by atoms with E-state index in [-0.39, 0.29) is 5.56 Å². The fourth-order valence-corrected chi connectivity index (χ4v) is 1.14. The Morgan fingerprint density at radius 2 is 2.06 bits per heavy atom. The molecule has 0 fully saturated rings. The molecule has 0 saturated heterocycles. The van der Waals surface area contributed by atoms with E-state index in [1.807, 2.05) is 0 Å². The summed E-state index contributed by atoms with van der Waals surface area (Å²) in [4.78, 5) is 14.0. The molecule has 0 aromatic heterocycles. The van der Waals surface area contributed by atoms with Crippen LogP contribution in [0.5, 0.6) is 0 Å². The second kappa shape index (κ2) is 5.20. The highest BCUT2D eigenvalue weighted by molar-refractivity contribution is 6.02. The van der Waals surface area contributed by atoms with E-state index in [0.717, 1.165) is 11.6 Å². The SMILES string of the molecule is Cc1ccc(F)c(/C=C(\F)C(=O)N=C(N)N)c1. The Balaban J connectivity index is 3.06. The van der Waals surface area contributed by atoms with Gasteiger partial charge in [0, 0.05) is 5.56 Å². The first kappa shape index (κ1) is 12.8. The van der Waals surface area contributed by atoms with Crippen LogP contribution in [-0.4, -0.2) is 11.9 Å². The van der Waals surface area contributed by atoms with Gasteiger partial charge in [0.05, 0.1) is 0 Å². The van der Waals surface area contributed by atoms with E-state index >= 15 is 0 Å². The van der Waals surface area contributed by atoms with E-state index in [1.165, 1.54) is 18.2 Å². The summed E-state index contributed by atoms with van der Waals surface area (Å²) in [6, 6.07) is 4.11. The number of amides is 1. The number of guanidine groups is 1. The van der Waals surface area contributed by atoms with Crippen LogP contribution in [0.4, 0.5) is 8.78 Å². The maximum atomic E-state index is 13.3. The quantitative estimate of drug-likeness (QED) is 0.463. The maximum Gasteiger partial charge on any atom is 0.308 e. The Morgan fingerprint density at radius 1 is 1.41 bits per heavy atom. The first-order chi connectivity index (χ1) is 7.90. The third-order valence-corrected chi connectivity index (χ3v) is 1.87. The summed E-state index contributed by atoms with van der Waals surface area (Å²) in [5.74, 6) is -3.67. The molecule has 1 aromatic rings. The molecular weight excluding hydrogens is 228 g/mol. The van der Waals surface area contributed by atoms with Gasteiger partial charge in [0.15, 0.2) is 11.8 Å². The molecule has 6 heteroatoms. The summed E-state index contributed by atoms with van der Waals surface area (Å²) in [5, 5.41) is 0. The predicted molar refractivity (Wildman–Crippen MR) is 61.0 cm³/mol. The summed E-state index contributed by atoms with van der Waals surface area (Å²) in [5.41, 5.74) is 10.5. The number of carbonyl (C=O) groups excluding carboxylic acids is 1. The van der Waals surface area contributed by atoms with Crippen molar-refractivity contribution in [1.29, 1.82) is 0 Å². The summed E-state index contributed by atoms with van der Waals surface area (Å²) < 4.78 is 26.5. The van der Waals surface area contributed by atoms with E-state index in [0.29, 0.717) is 0 Å². The van der Waals surface area contributed by atoms with E-state index in [2.05, 4.69) is 4.99 Å². The topological polar surface area (TPSA) is 81.5 Å². The number of nitrogens with zero attached hydrogens (tertiary/aromatic N) is 1. The number of carbonyl (C=O) groups is 1. The lowest BCUT2D eigenvalue weighted by molar-refractivity contribution is -0.115.